The van der Waals surface area contributed by atoms with Crippen molar-refractivity contribution in [1.29, 1.82) is 0 Å². The molecule has 3 heteroatoms. The Bertz CT molecular complexity index is 261. The molecular weight excluding hydrogens is 238 g/mol. The fraction of sp³-hybridized carbons (Fsp3) is 0.938. The SMILES string of the molecule is CC(C)(C)CCCNC(=O)[C@H](CCO)CC(C)(C)C. The Morgan fingerprint density at radius 1 is 1.11 bits per heavy atom. The zero-order valence-electron chi connectivity index (χ0n) is 13.7. The molecule has 0 aliphatic rings. The van der Waals surface area contributed by atoms with E-state index in [0.717, 1.165) is 25.8 Å². The molecule has 114 valence electrons. The molecule has 0 rings (SSSR count). The Hall–Kier alpha value is -0.570. The minimum Gasteiger partial charge on any atom is -0.396 e. The summed E-state index contributed by atoms with van der Waals surface area (Å²) in [7, 11) is 0. The number of aliphatic hydroxyl groups is 1. The lowest BCUT2D eigenvalue weighted by Crippen LogP contribution is -2.34. The van der Waals surface area contributed by atoms with Crippen LogP contribution in [0.3, 0.4) is 0 Å². The van der Waals surface area contributed by atoms with Crippen molar-refractivity contribution in [3.05, 3.63) is 0 Å². The van der Waals surface area contributed by atoms with Crippen molar-refractivity contribution >= 4 is 5.91 Å². The molecule has 0 saturated carbocycles. The van der Waals surface area contributed by atoms with Gasteiger partial charge in [0.1, 0.15) is 0 Å². The lowest BCUT2D eigenvalue weighted by Gasteiger charge is -2.25. The third kappa shape index (κ3) is 11.0. The van der Waals surface area contributed by atoms with Crippen LogP contribution in [0.5, 0.6) is 0 Å². The third-order valence-corrected chi connectivity index (χ3v) is 3.11. The first-order valence-electron chi connectivity index (χ1n) is 7.44. The molecule has 1 amide bonds. The molecule has 0 aliphatic carbocycles. The standard InChI is InChI=1S/C16H33NO2/c1-15(2,3)9-7-10-17-14(19)13(8-11-18)12-16(4,5)6/h13,18H,7-12H2,1-6H3,(H,17,19)/t13-/m1/s1. The summed E-state index contributed by atoms with van der Waals surface area (Å²) in [4.78, 5) is 12.1. The van der Waals surface area contributed by atoms with E-state index in [2.05, 4.69) is 46.9 Å². The Labute approximate surface area is 119 Å². The summed E-state index contributed by atoms with van der Waals surface area (Å²) in [5.74, 6) is 0.0255. The zero-order chi connectivity index (χ0) is 15.1. The average Bonchev–Trinajstić information content (AvgIpc) is 2.20. The van der Waals surface area contributed by atoms with Crippen molar-refractivity contribution in [2.45, 2.75) is 67.2 Å². The number of amides is 1. The zero-order valence-corrected chi connectivity index (χ0v) is 13.7. The van der Waals surface area contributed by atoms with Gasteiger partial charge in [-0.25, -0.2) is 0 Å². The number of aliphatic hydroxyl groups excluding tert-OH is 1. The number of carbonyl (C=O) groups excluding carboxylic acids is 1. The van der Waals surface area contributed by atoms with Gasteiger partial charge < -0.3 is 10.4 Å². The van der Waals surface area contributed by atoms with Crippen molar-refractivity contribution in [3.8, 4) is 0 Å². The van der Waals surface area contributed by atoms with Gasteiger partial charge >= 0.3 is 0 Å². The molecule has 0 aliphatic heterocycles. The summed E-state index contributed by atoms with van der Waals surface area (Å²) in [6.45, 7) is 13.8. The van der Waals surface area contributed by atoms with E-state index in [1.807, 2.05) is 0 Å². The molecule has 0 saturated heterocycles. The van der Waals surface area contributed by atoms with E-state index in [1.54, 1.807) is 0 Å². The van der Waals surface area contributed by atoms with Crippen molar-refractivity contribution in [2.75, 3.05) is 13.2 Å². The van der Waals surface area contributed by atoms with E-state index in [0.29, 0.717) is 11.8 Å². The van der Waals surface area contributed by atoms with Gasteiger partial charge in [-0.05, 0) is 36.5 Å². The molecule has 0 bridgehead atoms. The molecular formula is C16H33NO2. The molecule has 2 N–H and O–H groups in total. The molecule has 0 fully saturated rings. The van der Waals surface area contributed by atoms with Gasteiger partial charge in [-0.2, -0.15) is 0 Å². The maximum atomic E-state index is 12.1. The molecule has 1 atom stereocenters. The maximum absolute atomic E-state index is 12.1. The maximum Gasteiger partial charge on any atom is 0.223 e. The van der Waals surface area contributed by atoms with E-state index in [9.17, 15) is 4.79 Å². The highest BCUT2D eigenvalue weighted by atomic mass is 16.3. The summed E-state index contributed by atoms with van der Waals surface area (Å²) in [5.41, 5.74) is 0.434. The monoisotopic (exact) mass is 271 g/mol. The van der Waals surface area contributed by atoms with Crippen LogP contribution in [0.1, 0.15) is 67.2 Å². The van der Waals surface area contributed by atoms with Crippen LogP contribution in [0.2, 0.25) is 0 Å². The molecule has 0 radical (unpaired) electrons. The van der Waals surface area contributed by atoms with E-state index >= 15 is 0 Å². The number of hydrogen-bond donors (Lipinski definition) is 2. The van der Waals surface area contributed by atoms with Crippen LogP contribution in [0.25, 0.3) is 0 Å². The predicted octanol–water partition coefficient (Wildman–Crippen LogP) is 3.36. The second-order valence-corrected chi connectivity index (χ2v) is 7.93. The summed E-state index contributed by atoms with van der Waals surface area (Å²) in [6.07, 6.45) is 3.49. The average molecular weight is 271 g/mol. The number of rotatable bonds is 7. The Morgan fingerprint density at radius 2 is 1.68 bits per heavy atom. The van der Waals surface area contributed by atoms with Crippen LogP contribution in [-0.2, 0) is 4.79 Å². The van der Waals surface area contributed by atoms with Gasteiger partial charge in [0.25, 0.3) is 0 Å². The van der Waals surface area contributed by atoms with Crippen molar-refractivity contribution < 1.29 is 9.90 Å². The highest BCUT2D eigenvalue weighted by Gasteiger charge is 2.24. The molecule has 0 aromatic carbocycles. The van der Waals surface area contributed by atoms with Gasteiger partial charge in [0.2, 0.25) is 5.91 Å². The fourth-order valence-corrected chi connectivity index (χ4v) is 2.20. The normalized spacial score (nSPS) is 14.3. The van der Waals surface area contributed by atoms with E-state index in [-0.39, 0.29) is 23.8 Å². The number of hydrogen-bond acceptors (Lipinski definition) is 2. The van der Waals surface area contributed by atoms with Crippen LogP contribution in [0, 0.1) is 16.7 Å². The van der Waals surface area contributed by atoms with Crippen LogP contribution in [0.15, 0.2) is 0 Å². The molecule has 0 aromatic rings. The lowest BCUT2D eigenvalue weighted by atomic mass is 9.83. The summed E-state index contributed by atoms with van der Waals surface area (Å²) >= 11 is 0. The smallest absolute Gasteiger partial charge is 0.223 e. The fourth-order valence-electron chi connectivity index (χ4n) is 2.20. The summed E-state index contributed by atoms with van der Waals surface area (Å²) < 4.78 is 0. The van der Waals surface area contributed by atoms with Gasteiger partial charge in [-0.1, -0.05) is 41.5 Å². The summed E-state index contributed by atoms with van der Waals surface area (Å²) in [6, 6.07) is 0. The summed E-state index contributed by atoms with van der Waals surface area (Å²) in [5, 5.41) is 12.1. The van der Waals surface area contributed by atoms with Crippen LogP contribution in [0.4, 0.5) is 0 Å². The van der Waals surface area contributed by atoms with E-state index in [4.69, 9.17) is 5.11 Å². The highest BCUT2D eigenvalue weighted by Crippen LogP contribution is 2.26. The van der Waals surface area contributed by atoms with E-state index in [1.165, 1.54) is 0 Å². The minimum atomic E-state index is -0.0698. The van der Waals surface area contributed by atoms with Crippen molar-refractivity contribution in [3.63, 3.8) is 0 Å². The lowest BCUT2D eigenvalue weighted by molar-refractivity contribution is -0.126. The second kappa shape index (κ2) is 7.88. The first-order valence-corrected chi connectivity index (χ1v) is 7.44. The molecule has 0 heterocycles. The van der Waals surface area contributed by atoms with Gasteiger partial charge in [0.05, 0.1) is 0 Å². The molecule has 0 spiro atoms. The Kier molecular flexibility index (Phi) is 7.65. The number of nitrogens with one attached hydrogen (secondary N) is 1. The van der Waals surface area contributed by atoms with Crippen molar-refractivity contribution in [1.82, 2.24) is 5.32 Å². The largest absolute Gasteiger partial charge is 0.396 e. The molecule has 19 heavy (non-hydrogen) atoms. The van der Waals surface area contributed by atoms with Gasteiger partial charge in [-0.3, -0.25) is 4.79 Å². The Balaban J connectivity index is 4.12. The first-order chi connectivity index (χ1) is 8.55. The van der Waals surface area contributed by atoms with Crippen molar-refractivity contribution in [2.24, 2.45) is 16.7 Å². The molecule has 3 nitrogen and oxygen atoms in total. The predicted molar refractivity (Wildman–Crippen MR) is 81.0 cm³/mol. The molecule has 0 unspecified atom stereocenters. The van der Waals surface area contributed by atoms with Gasteiger partial charge in [0, 0.05) is 19.1 Å². The quantitative estimate of drug-likeness (QED) is 0.698. The van der Waals surface area contributed by atoms with Crippen LogP contribution < -0.4 is 5.32 Å². The third-order valence-electron chi connectivity index (χ3n) is 3.11. The second-order valence-electron chi connectivity index (χ2n) is 7.93. The van der Waals surface area contributed by atoms with Gasteiger partial charge in [0.15, 0.2) is 0 Å². The number of carbonyl (C=O) groups is 1. The van der Waals surface area contributed by atoms with E-state index < -0.39 is 0 Å². The van der Waals surface area contributed by atoms with Crippen LogP contribution in [-0.4, -0.2) is 24.2 Å². The minimum absolute atomic E-state index is 0.0698. The Morgan fingerprint density at radius 3 is 2.11 bits per heavy atom. The van der Waals surface area contributed by atoms with Crippen LogP contribution >= 0.6 is 0 Å². The highest BCUT2D eigenvalue weighted by molar-refractivity contribution is 5.78. The van der Waals surface area contributed by atoms with Gasteiger partial charge in [-0.15, -0.1) is 0 Å². The molecule has 0 aromatic heterocycles. The topological polar surface area (TPSA) is 49.3 Å². The first kappa shape index (κ1) is 18.4.